The minimum atomic E-state index is -4.59. The van der Waals surface area contributed by atoms with Crippen LogP contribution >= 0.6 is 0 Å². The van der Waals surface area contributed by atoms with Crippen molar-refractivity contribution in [1.82, 2.24) is 14.5 Å². The number of halogens is 3. The van der Waals surface area contributed by atoms with Gasteiger partial charge in [0.15, 0.2) is 0 Å². The summed E-state index contributed by atoms with van der Waals surface area (Å²) in [6, 6.07) is 4.87. The van der Waals surface area contributed by atoms with Crippen molar-refractivity contribution in [2.24, 2.45) is 5.41 Å². The molecule has 0 unspecified atom stereocenters. The van der Waals surface area contributed by atoms with Crippen molar-refractivity contribution in [3.63, 3.8) is 0 Å². The second kappa shape index (κ2) is 8.31. The molecule has 1 saturated heterocycles. The van der Waals surface area contributed by atoms with Crippen LogP contribution in [0.5, 0.6) is 0 Å². The van der Waals surface area contributed by atoms with Gasteiger partial charge in [-0.05, 0) is 23.6 Å². The topological polar surface area (TPSA) is 86.8 Å². The maximum atomic E-state index is 13.0. The number of benzene rings is 1. The molecule has 0 radical (unpaired) electrons. The van der Waals surface area contributed by atoms with Crippen LogP contribution in [-0.4, -0.2) is 68.3 Å². The summed E-state index contributed by atoms with van der Waals surface area (Å²) in [5.41, 5.74) is -0.757. The standard InChI is InChI=1S/C18H24F3N3O4S/c1-17(2,3)11-23(12-18(19,20)21)16(26)13-5-4-6-14(9-13)29(27,28)24-8-7-22-15(25)10-24/h4-6,9H,7-8,10-12H2,1-3H3,(H,22,25). The van der Waals surface area contributed by atoms with Gasteiger partial charge in [0.1, 0.15) is 6.54 Å². The quantitative estimate of drug-likeness (QED) is 0.765. The lowest BCUT2D eigenvalue weighted by atomic mass is 9.95. The Morgan fingerprint density at radius 1 is 1.21 bits per heavy atom. The fourth-order valence-corrected chi connectivity index (χ4v) is 4.37. The molecule has 11 heteroatoms. The van der Waals surface area contributed by atoms with E-state index in [0.29, 0.717) is 4.90 Å². The monoisotopic (exact) mass is 435 g/mol. The van der Waals surface area contributed by atoms with E-state index >= 15 is 0 Å². The molecule has 0 atom stereocenters. The Morgan fingerprint density at radius 3 is 2.41 bits per heavy atom. The SMILES string of the molecule is CC(C)(C)CN(CC(F)(F)F)C(=O)c1cccc(S(=O)(=O)N2CCNC(=O)C2)c1. The number of rotatable bonds is 5. The molecule has 162 valence electrons. The summed E-state index contributed by atoms with van der Waals surface area (Å²) >= 11 is 0. The minimum absolute atomic E-state index is 0.0659. The normalized spacial score (nSPS) is 16.4. The minimum Gasteiger partial charge on any atom is -0.354 e. The van der Waals surface area contributed by atoms with E-state index in [4.69, 9.17) is 0 Å². The molecule has 1 aliphatic rings. The van der Waals surface area contributed by atoms with Crippen LogP contribution in [0.25, 0.3) is 0 Å². The number of nitrogens with one attached hydrogen (secondary N) is 1. The highest BCUT2D eigenvalue weighted by Gasteiger charge is 2.36. The summed E-state index contributed by atoms with van der Waals surface area (Å²) in [5, 5.41) is 2.51. The molecule has 0 aliphatic carbocycles. The number of amides is 2. The highest BCUT2D eigenvalue weighted by atomic mass is 32.2. The van der Waals surface area contributed by atoms with Gasteiger partial charge in [-0.25, -0.2) is 8.42 Å². The zero-order chi connectivity index (χ0) is 22.0. The summed E-state index contributed by atoms with van der Waals surface area (Å²) in [6.07, 6.45) is -4.59. The number of nitrogens with zero attached hydrogens (tertiary/aromatic N) is 2. The van der Waals surface area contributed by atoms with E-state index in [9.17, 15) is 31.2 Å². The van der Waals surface area contributed by atoms with Gasteiger partial charge in [0.2, 0.25) is 15.9 Å². The van der Waals surface area contributed by atoms with Gasteiger partial charge in [-0.15, -0.1) is 0 Å². The van der Waals surface area contributed by atoms with Crippen LogP contribution in [-0.2, 0) is 14.8 Å². The lowest BCUT2D eigenvalue weighted by molar-refractivity contribution is -0.142. The van der Waals surface area contributed by atoms with E-state index in [1.807, 2.05) is 0 Å². The van der Waals surface area contributed by atoms with E-state index in [2.05, 4.69) is 5.32 Å². The molecule has 2 rings (SSSR count). The Labute approximate surface area is 167 Å². The Bertz CT molecular complexity index is 863. The fraction of sp³-hybridized carbons (Fsp3) is 0.556. The molecule has 1 aromatic rings. The zero-order valence-corrected chi connectivity index (χ0v) is 17.2. The average Bonchev–Trinajstić information content (AvgIpc) is 2.58. The maximum Gasteiger partial charge on any atom is 0.406 e. The van der Waals surface area contributed by atoms with E-state index in [-0.39, 0.29) is 36.6 Å². The van der Waals surface area contributed by atoms with Crippen LogP contribution in [0.3, 0.4) is 0 Å². The first-order valence-corrected chi connectivity index (χ1v) is 10.4. The second-order valence-electron chi connectivity index (χ2n) is 8.05. The molecule has 1 heterocycles. The van der Waals surface area contributed by atoms with Crippen molar-refractivity contribution in [2.75, 3.05) is 32.7 Å². The number of carbonyl (C=O) groups excluding carboxylic acids is 2. The summed E-state index contributed by atoms with van der Waals surface area (Å²) < 4.78 is 65.4. The summed E-state index contributed by atoms with van der Waals surface area (Å²) in [5.74, 6) is -1.36. The highest BCUT2D eigenvalue weighted by Crippen LogP contribution is 2.24. The van der Waals surface area contributed by atoms with E-state index in [0.717, 1.165) is 10.4 Å². The first-order chi connectivity index (χ1) is 13.2. The van der Waals surface area contributed by atoms with Crippen LogP contribution in [0.4, 0.5) is 13.2 Å². The highest BCUT2D eigenvalue weighted by molar-refractivity contribution is 7.89. The predicted molar refractivity (Wildman–Crippen MR) is 99.6 cm³/mol. The van der Waals surface area contributed by atoms with E-state index in [1.54, 1.807) is 20.8 Å². The molecule has 2 amide bonds. The molecule has 0 saturated carbocycles. The Morgan fingerprint density at radius 2 is 1.86 bits per heavy atom. The molecule has 29 heavy (non-hydrogen) atoms. The summed E-state index contributed by atoms with van der Waals surface area (Å²) in [6.45, 7) is 3.37. The van der Waals surface area contributed by atoms with Gasteiger partial charge in [-0.3, -0.25) is 9.59 Å². The van der Waals surface area contributed by atoms with Gasteiger partial charge in [0.25, 0.3) is 5.91 Å². The maximum absolute atomic E-state index is 13.0. The van der Waals surface area contributed by atoms with Crippen LogP contribution in [0, 0.1) is 5.41 Å². The van der Waals surface area contributed by atoms with Crippen molar-refractivity contribution >= 4 is 21.8 Å². The van der Waals surface area contributed by atoms with Crippen LogP contribution in [0.1, 0.15) is 31.1 Å². The van der Waals surface area contributed by atoms with Crippen LogP contribution < -0.4 is 5.32 Å². The van der Waals surface area contributed by atoms with Crippen molar-refractivity contribution < 1.29 is 31.2 Å². The number of alkyl halides is 3. The molecule has 0 aromatic heterocycles. The molecular formula is C18H24F3N3O4S. The van der Waals surface area contributed by atoms with E-state index < -0.39 is 40.0 Å². The summed E-state index contributed by atoms with van der Waals surface area (Å²) in [7, 11) is -4.07. The van der Waals surface area contributed by atoms with Gasteiger partial charge >= 0.3 is 6.18 Å². The molecular weight excluding hydrogens is 411 g/mol. The van der Waals surface area contributed by atoms with Crippen LogP contribution in [0.15, 0.2) is 29.2 Å². The first kappa shape index (κ1) is 23.1. The molecule has 1 aliphatic heterocycles. The van der Waals surface area contributed by atoms with Crippen molar-refractivity contribution in [3.05, 3.63) is 29.8 Å². The van der Waals surface area contributed by atoms with Gasteiger partial charge < -0.3 is 10.2 Å². The van der Waals surface area contributed by atoms with Crippen molar-refractivity contribution in [1.29, 1.82) is 0 Å². The van der Waals surface area contributed by atoms with Gasteiger partial charge in [-0.2, -0.15) is 17.5 Å². The molecule has 1 N–H and O–H groups in total. The number of piperazine rings is 1. The molecule has 7 nitrogen and oxygen atoms in total. The Balaban J connectivity index is 2.34. The first-order valence-electron chi connectivity index (χ1n) is 8.92. The van der Waals surface area contributed by atoms with Crippen molar-refractivity contribution in [2.45, 2.75) is 31.8 Å². The zero-order valence-electron chi connectivity index (χ0n) is 16.4. The van der Waals surface area contributed by atoms with Gasteiger partial charge in [-0.1, -0.05) is 26.8 Å². The number of carbonyl (C=O) groups is 2. The van der Waals surface area contributed by atoms with E-state index in [1.165, 1.54) is 18.2 Å². The lowest BCUT2D eigenvalue weighted by Gasteiger charge is -2.31. The molecule has 1 fully saturated rings. The largest absolute Gasteiger partial charge is 0.406 e. The molecule has 0 spiro atoms. The third-order valence-corrected chi connectivity index (χ3v) is 5.89. The average molecular weight is 435 g/mol. The lowest BCUT2D eigenvalue weighted by Crippen LogP contribution is -2.49. The second-order valence-corrected chi connectivity index (χ2v) is 9.99. The number of hydrogen-bond donors (Lipinski definition) is 1. The molecule has 1 aromatic carbocycles. The van der Waals surface area contributed by atoms with Crippen LogP contribution in [0.2, 0.25) is 0 Å². The number of hydrogen-bond acceptors (Lipinski definition) is 4. The Hall–Kier alpha value is -2.14. The number of sulfonamides is 1. The third-order valence-electron chi connectivity index (χ3n) is 4.04. The predicted octanol–water partition coefficient (Wildman–Crippen LogP) is 1.86. The Kier molecular flexibility index (Phi) is 6.63. The fourth-order valence-electron chi connectivity index (χ4n) is 2.93. The molecule has 0 bridgehead atoms. The third kappa shape index (κ3) is 6.43. The van der Waals surface area contributed by atoms with Crippen molar-refractivity contribution in [3.8, 4) is 0 Å². The summed E-state index contributed by atoms with van der Waals surface area (Å²) in [4.78, 5) is 24.7. The van der Waals surface area contributed by atoms with Gasteiger partial charge in [0.05, 0.1) is 11.4 Å². The smallest absolute Gasteiger partial charge is 0.354 e. The van der Waals surface area contributed by atoms with Gasteiger partial charge in [0, 0.05) is 25.2 Å².